The molecular formula is C13H23N3S. The first kappa shape index (κ1) is 14.2. The van der Waals surface area contributed by atoms with Crippen LogP contribution in [0.1, 0.15) is 26.7 Å². The van der Waals surface area contributed by atoms with Crippen molar-refractivity contribution in [3.63, 3.8) is 0 Å². The number of hydrogen-bond acceptors (Lipinski definition) is 4. The van der Waals surface area contributed by atoms with Crippen LogP contribution < -0.4 is 10.6 Å². The fourth-order valence-electron chi connectivity index (χ4n) is 1.58. The molecule has 0 aromatic carbocycles. The molecule has 0 aliphatic rings. The molecule has 17 heavy (non-hydrogen) atoms. The van der Waals surface area contributed by atoms with Crippen molar-refractivity contribution in [2.45, 2.75) is 32.7 Å². The second-order valence-electron chi connectivity index (χ2n) is 4.09. The maximum atomic E-state index is 4.25. The van der Waals surface area contributed by atoms with Crippen molar-refractivity contribution in [3.8, 4) is 0 Å². The predicted octanol–water partition coefficient (Wildman–Crippen LogP) is 3.46. The Morgan fingerprint density at radius 1 is 1.29 bits per heavy atom. The van der Waals surface area contributed by atoms with Gasteiger partial charge in [0.1, 0.15) is 0 Å². The van der Waals surface area contributed by atoms with Gasteiger partial charge in [-0.3, -0.25) is 4.98 Å². The van der Waals surface area contributed by atoms with Crippen molar-refractivity contribution >= 4 is 23.1 Å². The van der Waals surface area contributed by atoms with Crippen LogP contribution in [0.4, 0.5) is 11.4 Å². The summed E-state index contributed by atoms with van der Waals surface area (Å²) >= 11 is 1.87. The molecule has 96 valence electrons. The SMILES string of the molecule is CCCNc1cncc(NC(CC)CSC)c1. The van der Waals surface area contributed by atoms with E-state index in [0.29, 0.717) is 6.04 Å². The van der Waals surface area contributed by atoms with Gasteiger partial charge in [-0.15, -0.1) is 0 Å². The molecule has 1 atom stereocenters. The summed E-state index contributed by atoms with van der Waals surface area (Å²) in [6.07, 6.45) is 8.16. The zero-order chi connectivity index (χ0) is 12.5. The lowest BCUT2D eigenvalue weighted by molar-refractivity contribution is 0.774. The minimum absolute atomic E-state index is 0.522. The Morgan fingerprint density at radius 3 is 2.71 bits per heavy atom. The van der Waals surface area contributed by atoms with Crippen molar-refractivity contribution in [1.82, 2.24) is 4.98 Å². The fraction of sp³-hybridized carbons (Fsp3) is 0.615. The average molecular weight is 253 g/mol. The third-order valence-electron chi connectivity index (χ3n) is 2.55. The van der Waals surface area contributed by atoms with Crippen molar-refractivity contribution < 1.29 is 0 Å². The van der Waals surface area contributed by atoms with Crippen molar-refractivity contribution in [1.29, 1.82) is 0 Å². The van der Waals surface area contributed by atoms with Crippen LogP contribution >= 0.6 is 11.8 Å². The first-order valence-corrected chi connectivity index (χ1v) is 7.63. The number of thioether (sulfide) groups is 1. The van der Waals surface area contributed by atoms with Crippen LogP contribution in [0.2, 0.25) is 0 Å². The summed E-state index contributed by atoms with van der Waals surface area (Å²) in [6.45, 7) is 5.36. The first-order valence-electron chi connectivity index (χ1n) is 6.24. The van der Waals surface area contributed by atoms with Crippen molar-refractivity contribution in [2.24, 2.45) is 0 Å². The molecule has 0 aliphatic carbocycles. The number of nitrogens with zero attached hydrogens (tertiary/aromatic N) is 1. The van der Waals surface area contributed by atoms with Crippen LogP contribution in [-0.2, 0) is 0 Å². The zero-order valence-corrected chi connectivity index (χ0v) is 11.8. The number of nitrogens with one attached hydrogen (secondary N) is 2. The summed E-state index contributed by atoms with van der Waals surface area (Å²) in [6, 6.07) is 2.65. The molecule has 0 bridgehead atoms. The third kappa shape index (κ3) is 5.31. The molecule has 1 heterocycles. The maximum absolute atomic E-state index is 4.25. The molecule has 0 saturated heterocycles. The summed E-state index contributed by atoms with van der Waals surface area (Å²) in [5.41, 5.74) is 2.20. The molecule has 0 spiro atoms. The van der Waals surface area contributed by atoms with Gasteiger partial charge in [-0.05, 0) is 25.2 Å². The monoisotopic (exact) mass is 253 g/mol. The van der Waals surface area contributed by atoms with E-state index in [-0.39, 0.29) is 0 Å². The van der Waals surface area contributed by atoms with Gasteiger partial charge in [-0.25, -0.2) is 0 Å². The lowest BCUT2D eigenvalue weighted by Crippen LogP contribution is -2.21. The molecule has 1 aromatic rings. The second-order valence-corrected chi connectivity index (χ2v) is 5.00. The van der Waals surface area contributed by atoms with E-state index in [1.807, 2.05) is 24.2 Å². The van der Waals surface area contributed by atoms with Crippen LogP contribution in [-0.4, -0.2) is 29.6 Å². The summed E-state index contributed by atoms with van der Waals surface area (Å²) in [7, 11) is 0. The van der Waals surface area contributed by atoms with Gasteiger partial charge in [0, 0.05) is 18.3 Å². The van der Waals surface area contributed by atoms with Crippen LogP contribution in [0.3, 0.4) is 0 Å². The second kappa shape index (κ2) is 8.23. The molecule has 0 radical (unpaired) electrons. The molecule has 0 saturated carbocycles. The Morgan fingerprint density at radius 2 is 2.06 bits per heavy atom. The number of pyridine rings is 1. The normalized spacial score (nSPS) is 12.2. The summed E-state index contributed by atoms with van der Waals surface area (Å²) in [5, 5.41) is 6.87. The Labute approximate surface area is 109 Å². The lowest BCUT2D eigenvalue weighted by atomic mass is 10.2. The third-order valence-corrected chi connectivity index (χ3v) is 3.28. The lowest BCUT2D eigenvalue weighted by Gasteiger charge is -2.17. The fourth-order valence-corrected chi connectivity index (χ4v) is 2.30. The van der Waals surface area contributed by atoms with E-state index in [1.54, 1.807) is 0 Å². The largest absolute Gasteiger partial charge is 0.384 e. The minimum atomic E-state index is 0.522. The molecule has 1 unspecified atom stereocenters. The highest BCUT2D eigenvalue weighted by molar-refractivity contribution is 7.98. The van der Waals surface area contributed by atoms with Crippen molar-refractivity contribution in [3.05, 3.63) is 18.5 Å². The smallest absolute Gasteiger partial charge is 0.0549 e. The molecule has 0 amide bonds. The number of hydrogen-bond donors (Lipinski definition) is 2. The standard InChI is InChI=1S/C13H23N3S/c1-4-6-15-12-7-13(9-14-8-12)16-11(5-2)10-17-3/h7-9,11,15-16H,4-6,10H2,1-3H3. The Bertz CT molecular complexity index is 317. The van der Waals surface area contributed by atoms with Crippen molar-refractivity contribution in [2.75, 3.05) is 29.2 Å². The highest BCUT2D eigenvalue weighted by Gasteiger charge is 2.05. The van der Waals surface area contributed by atoms with Crippen LogP contribution in [0.5, 0.6) is 0 Å². The molecule has 4 heteroatoms. The number of aromatic nitrogens is 1. The van der Waals surface area contributed by atoms with Crippen LogP contribution in [0.15, 0.2) is 18.5 Å². The number of anilines is 2. The molecular weight excluding hydrogens is 230 g/mol. The molecule has 0 fully saturated rings. The topological polar surface area (TPSA) is 37.0 Å². The summed E-state index contributed by atoms with van der Waals surface area (Å²) < 4.78 is 0. The average Bonchev–Trinajstić information content (AvgIpc) is 2.36. The maximum Gasteiger partial charge on any atom is 0.0549 e. The summed E-state index contributed by atoms with van der Waals surface area (Å²) in [5.74, 6) is 1.13. The van der Waals surface area contributed by atoms with E-state index in [9.17, 15) is 0 Å². The van der Waals surface area contributed by atoms with Crippen LogP contribution in [0.25, 0.3) is 0 Å². The molecule has 1 aromatic heterocycles. The van der Waals surface area contributed by atoms with Gasteiger partial charge >= 0.3 is 0 Å². The van der Waals surface area contributed by atoms with Gasteiger partial charge in [0.05, 0.1) is 23.8 Å². The Balaban J connectivity index is 2.57. The van der Waals surface area contributed by atoms with Gasteiger partial charge in [0.2, 0.25) is 0 Å². The number of rotatable bonds is 8. The molecule has 1 rings (SSSR count). The minimum Gasteiger partial charge on any atom is -0.384 e. The predicted molar refractivity (Wildman–Crippen MR) is 79.1 cm³/mol. The van der Waals surface area contributed by atoms with Gasteiger partial charge < -0.3 is 10.6 Å². The first-order chi connectivity index (χ1) is 8.30. The van der Waals surface area contributed by atoms with E-state index in [2.05, 4.69) is 41.8 Å². The summed E-state index contributed by atoms with van der Waals surface area (Å²) in [4.78, 5) is 4.25. The van der Waals surface area contributed by atoms with E-state index < -0.39 is 0 Å². The molecule has 3 nitrogen and oxygen atoms in total. The Hall–Kier alpha value is -0.900. The quantitative estimate of drug-likeness (QED) is 0.744. The highest BCUT2D eigenvalue weighted by atomic mass is 32.2. The van der Waals surface area contributed by atoms with Crippen LogP contribution in [0, 0.1) is 0 Å². The highest BCUT2D eigenvalue weighted by Crippen LogP contribution is 2.16. The zero-order valence-electron chi connectivity index (χ0n) is 11.0. The van der Waals surface area contributed by atoms with Gasteiger partial charge in [-0.1, -0.05) is 13.8 Å². The van der Waals surface area contributed by atoms with E-state index >= 15 is 0 Å². The van der Waals surface area contributed by atoms with Gasteiger partial charge in [-0.2, -0.15) is 11.8 Å². The van der Waals surface area contributed by atoms with E-state index in [4.69, 9.17) is 0 Å². The van der Waals surface area contributed by atoms with Gasteiger partial charge in [0.25, 0.3) is 0 Å². The van der Waals surface area contributed by atoms with Gasteiger partial charge in [0.15, 0.2) is 0 Å². The molecule has 0 aliphatic heterocycles. The van der Waals surface area contributed by atoms with E-state index in [1.165, 1.54) is 0 Å². The molecule has 2 N–H and O–H groups in total. The Kier molecular flexibility index (Phi) is 6.86. The van der Waals surface area contributed by atoms with E-state index in [0.717, 1.165) is 36.5 Å².